The van der Waals surface area contributed by atoms with Gasteiger partial charge in [0.1, 0.15) is 18.7 Å². The first-order chi connectivity index (χ1) is 22.6. The SMILES string of the molecule is Cc1cccc(NC(=O)N2Cc3[nH]c4ccccc4c3C[C@@H]2C(=O)N[C@@H](CC(C)C)C(=O)N[C@@H](CO)C(=O)OCc2ccccc2)c1. The fourth-order valence-corrected chi connectivity index (χ4v) is 5.83. The zero-order chi connectivity index (χ0) is 33.5. The van der Waals surface area contributed by atoms with Gasteiger partial charge >= 0.3 is 12.0 Å². The quantitative estimate of drug-likeness (QED) is 0.155. The molecule has 1 aromatic heterocycles. The topological polar surface area (TPSA) is 153 Å². The molecule has 1 aliphatic heterocycles. The summed E-state index contributed by atoms with van der Waals surface area (Å²) in [5, 5.41) is 19.2. The van der Waals surface area contributed by atoms with E-state index in [0.29, 0.717) is 5.69 Å². The first-order valence-corrected chi connectivity index (χ1v) is 15.8. The van der Waals surface area contributed by atoms with Crippen molar-refractivity contribution in [1.82, 2.24) is 20.5 Å². The molecule has 4 aromatic rings. The lowest BCUT2D eigenvalue weighted by Gasteiger charge is -2.35. The Bertz CT molecular complexity index is 1740. The number of anilines is 1. The Kier molecular flexibility index (Phi) is 10.6. The highest BCUT2D eigenvalue weighted by Crippen LogP contribution is 2.31. The van der Waals surface area contributed by atoms with Crippen LogP contribution in [0.15, 0.2) is 78.9 Å². The van der Waals surface area contributed by atoms with E-state index in [2.05, 4.69) is 20.9 Å². The van der Waals surface area contributed by atoms with Crippen LogP contribution in [0.25, 0.3) is 10.9 Å². The Morgan fingerprint density at radius 1 is 0.957 bits per heavy atom. The second-order valence-electron chi connectivity index (χ2n) is 12.3. The number of aliphatic hydroxyl groups excluding tert-OH is 1. The summed E-state index contributed by atoms with van der Waals surface area (Å²) < 4.78 is 5.32. The maximum Gasteiger partial charge on any atom is 0.331 e. The minimum absolute atomic E-state index is 0.00374. The van der Waals surface area contributed by atoms with Gasteiger partial charge in [-0.1, -0.05) is 74.5 Å². The van der Waals surface area contributed by atoms with E-state index in [0.717, 1.165) is 33.3 Å². The van der Waals surface area contributed by atoms with Crippen LogP contribution in [0, 0.1) is 12.8 Å². The predicted octanol–water partition coefficient (Wildman–Crippen LogP) is 4.19. The van der Waals surface area contributed by atoms with Crippen molar-refractivity contribution in [3.8, 4) is 0 Å². The summed E-state index contributed by atoms with van der Waals surface area (Å²) in [5.41, 5.74) is 5.02. The molecule has 4 amide bonds. The van der Waals surface area contributed by atoms with Gasteiger partial charge in [0.15, 0.2) is 6.04 Å². The van der Waals surface area contributed by atoms with Crippen LogP contribution >= 0.6 is 0 Å². The monoisotopic (exact) mass is 639 g/mol. The first kappa shape index (κ1) is 33.2. The zero-order valence-electron chi connectivity index (χ0n) is 26.8. The largest absolute Gasteiger partial charge is 0.459 e. The van der Waals surface area contributed by atoms with Crippen LogP contribution in [-0.4, -0.2) is 63.5 Å². The van der Waals surface area contributed by atoms with E-state index >= 15 is 0 Å². The van der Waals surface area contributed by atoms with E-state index in [9.17, 15) is 24.3 Å². The molecule has 0 saturated carbocycles. The molecule has 11 heteroatoms. The van der Waals surface area contributed by atoms with E-state index in [1.165, 1.54) is 4.90 Å². The highest BCUT2D eigenvalue weighted by Gasteiger charge is 2.38. The van der Waals surface area contributed by atoms with Crippen molar-refractivity contribution >= 4 is 40.4 Å². The van der Waals surface area contributed by atoms with Gasteiger partial charge in [0.05, 0.1) is 13.2 Å². The Morgan fingerprint density at radius 3 is 2.43 bits per heavy atom. The lowest BCUT2D eigenvalue weighted by atomic mass is 9.95. The number of amides is 4. The van der Waals surface area contributed by atoms with Crippen molar-refractivity contribution in [2.24, 2.45) is 5.92 Å². The maximum atomic E-state index is 14.1. The Balaban J connectivity index is 1.34. The minimum atomic E-state index is -1.32. The van der Waals surface area contributed by atoms with Gasteiger partial charge in [0, 0.05) is 28.7 Å². The van der Waals surface area contributed by atoms with E-state index in [1.54, 1.807) is 18.2 Å². The number of benzene rings is 3. The number of nitrogens with one attached hydrogen (secondary N) is 4. The number of carbonyl (C=O) groups is 4. The standard InChI is InChI=1S/C36H41N5O6/c1-22(2)16-29(33(43)40-31(20-42)35(45)47-21-24-11-5-4-6-12-24)39-34(44)32-18-27-26-14-7-8-15-28(26)38-30(27)19-41(32)36(46)37-25-13-9-10-23(3)17-25/h4-15,17,22,29,31-32,38,42H,16,18-21H2,1-3H3,(H,37,46)(H,39,44)(H,40,43)/t29-,31-,32+/m0/s1. The Labute approximate surface area is 273 Å². The van der Waals surface area contributed by atoms with E-state index in [1.807, 2.05) is 81.4 Å². The molecule has 3 aromatic carbocycles. The van der Waals surface area contributed by atoms with Gasteiger partial charge < -0.3 is 35.7 Å². The fraction of sp³-hybridized carbons (Fsp3) is 0.333. The van der Waals surface area contributed by atoms with Crippen LogP contribution in [0.1, 0.15) is 42.7 Å². The number of hydrogen-bond acceptors (Lipinski definition) is 6. The number of rotatable bonds is 11. The average Bonchev–Trinajstić information content (AvgIpc) is 3.43. The summed E-state index contributed by atoms with van der Waals surface area (Å²) in [4.78, 5) is 58.9. The van der Waals surface area contributed by atoms with Gasteiger partial charge in [0.2, 0.25) is 11.8 Å². The molecule has 3 atom stereocenters. The molecule has 0 fully saturated rings. The predicted molar refractivity (Wildman–Crippen MR) is 178 cm³/mol. The number of aryl methyl sites for hydroxylation is 1. The lowest BCUT2D eigenvalue weighted by Crippen LogP contribution is -2.59. The molecule has 5 rings (SSSR count). The summed E-state index contributed by atoms with van der Waals surface area (Å²) in [6.07, 6.45) is 0.489. The smallest absolute Gasteiger partial charge is 0.331 e. The third kappa shape index (κ3) is 8.17. The number of esters is 1. The molecule has 0 spiro atoms. The number of nitrogens with zero attached hydrogens (tertiary/aromatic N) is 1. The number of aromatic nitrogens is 1. The number of aliphatic hydroxyl groups is 1. The number of hydrogen-bond donors (Lipinski definition) is 5. The number of fused-ring (bicyclic) bond motifs is 3. The molecule has 0 aliphatic carbocycles. The number of aromatic amines is 1. The molecular weight excluding hydrogens is 598 g/mol. The van der Waals surface area contributed by atoms with E-state index in [-0.39, 0.29) is 31.9 Å². The van der Waals surface area contributed by atoms with Gasteiger partial charge in [0.25, 0.3) is 0 Å². The molecule has 5 N–H and O–H groups in total. The van der Waals surface area contributed by atoms with Crippen molar-refractivity contribution in [3.63, 3.8) is 0 Å². The van der Waals surface area contributed by atoms with E-state index in [4.69, 9.17) is 4.74 Å². The zero-order valence-corrected chi connectivity index (χ0v) is 26.8. The van der Waals surface area contributed by atoms with Gasteiger partial charge in [-0.15, -0.1) is 0 Å². The molecule has 47 heavy (non-hydrogen) atoms. The summed E-state index contributed by atoms with van der Waals surface area (Å²) in [6.45, 7) is 5.19. The average molecular weight is 640 g/mol. The summed E-state index contributed by atoms with van der Waals surface area (Å²) in [6, 6.07) is 20.5. The fourth-order valence-electron chi connectivity index (χ4n) is 5.83. The van der Waals surface area contributed by atoms with Crippen LogP contribution in [0.2, 0.25) is 0 Å². The Morgan fingerprint density at radius 2 is 1.70 bits per heavy atom. The van der Waals surface area contributed by atoms with Gasteiger partial charge in [-0.2, -0.15) is 0 Å². The van der Waals surface area contributed by atoms with Crippen molar-refractivity contribution in [3.05, 3.63) is 101 Å². The first-order valence-electron chi connectivity index (χ1n) is 15.8. The second kappa shape index (κ2) is 15.0. The van der Waals surface area contributed by atoms with Crippen molar-refractivity contribution in [1.29, 1.82) is 0 Å². The molecule has 2 heterocycles. The maximum absolute atomic E-state index is 14.1. The molecule has 0 saturated heterocycles. The van der Waals surface area contributed by atoms with Gasteiger partial charge in [-0.3, -0.25) is 9.59 Å². The van der Waals surface area contributed by atoms with Crippen LogP contribution in [0.4, 0.5) is 10.5 Å². The van der Waals surface area contributed by atoms with Crippen LogP contribution < -0.4 is 16.0 Å². The second-order valence-corrected chi connectivity index (χ2v) is 12.3. The molecule has 0 unspecified atom stereocenters. The summed E-state index contributed by atoms with van der Waals surface area (Å²) in [7, 11) is 0. The highest BCUT2D eigenvalue weighted by atomic mass is 16.5. The van der Waals surface area contributed by atoms with Gasteiger partial charge in [-0.25, -0.2) is 9.59 Å². The molecule has 11 nitrogen and oxygen atoms in total. The molecule has 1 aliphatic rings. The van der Waals surface area contributed by atoms with Crippen LogP contribution in [-0.2, 0) is 38.7 Å². The molecule has 0 bridgehead atoms. The molecule has 246 valence electrons. The number of carbonyl (C=O) groups excluding carboxylic acids is 4. The van der Waals surface area contributed by atoms with E-state index < -0.39 is 48.5 Å². The number of para-hydroxylation sites is 1. The molecular formula is C36H41N5O6. The summed E-state index contributed by atoms with van der Waals surface area (Å²) >= 11 is 0. The lowest BCUT2D eigenvalue weighted by molar-refractivity contribution is -0.150. The number of urea groups is 1. The van der Waals surface area contributed by atoms with Crippen molar-refractivity contribution in [2.45, 2.75) is 64.9 Å². The van der Waals surface area contributed by atoms with Crippen molar-refractivity contribution in [2.75, 3.05) is 11.9 Å². The number of H-pyrrole nitrogens is 1. The normalized spacial score (nSPS) is 15.4. The number of ether oxygens (including phenoxy) is 1. The van der Waals surface area contributed by atoms with Gasteiger partial charge in [-0.05, 0) is 54.2 Å². The molecule has 0 radical (unpaired) electrons. The van der Waals surface area contributed by atoms with Crippen molar-refractivity contribution < 1.29 is 29.0 Å². The van der Waals surface area contributed by atoms with Crippen LogP contribution in [0.5, 0.6) is 0 Å². The third-order valence-corrected chi connectivity index (χ3v) is 8.18. The Hall–Kier alpha value is -5.16. The summed E-state index contributed by atoms with van der Waals surface area (Å²) in [5.74, 6) is -1.94. The highest BCUT2D eigenvalue weighted by molar-refractivity contribution is 5.97. The third-order valence-electron chi connectivity index (χ3n) is 8.18. The van der Waals surface area contributed by atoms with Crippen LogP contribution in [0.3, 0.4) is 0 Å². The minimum Gasteiger partial charge on any atom is -0.459 e.